The van der Waals surface area contributed by atoms with E-state index in [1.165, 1.54) is 5.56 Å². The molecule has 1 atom stereocenters. The summed E-state index contributed by atoms with van der Waals surface area (Å²) < 4.78 is 0.888. The Morgan fingerprint density at radius 3 is 2.95 bits per heavy atom. The molecule has 2 aromatic rings. The zero-order valence-electron chi connectivity index (χ0n) is 11.2. The number of carbonyl (C=O) groups is 1. The fourth-order valence-electron chi connectivity index (χ4n) is 2.56. The lowest BCUT2D eigenvalue weighted by Gasteiger charge is -2.11. The van der Waals surface area contributed by atoms with Crippen molar-refractivity contribution in [3.05, 3.63) is 57.5 Å². The van der Waals surface area contributed by atoms with Crippen LogP contribution in [0.15, 0.2) is 46.9 Å². The highest BCUT2D eigenvalue weighted by atomic mass is 79.9. The molecule has 1 aliphatic heterocycles. The minimum atomic E-state index is -0.0253. The summed E-state index contributed by atoms with van der Waals surface area (Å²) in [5, 5.41) is 6.73. The molecule has 108 valence electrons. The lowest BCUT2D eigenvalue weighted by atomic mass is 9.97. The van der Waals surface area contributed by atoms with Gasteiger partial charge in [0.15, 0.2) is 0 Å². The van der Waals surface area contributed by atoms with Crippen LogP contribution in [0.2, 0.25) is 5.02 Å². The van der Waals surface area contributed by atoms with E-state index in [1.807, 2.05) is 24.3 Å². The number of rotatable bonds is 3. The summed E-state index contributed by atoms with van der Waals surface area (Å²) in [5.41, 5.74) is 2.97. The number of hydrogen-bond donors (Lipinski definition) is 2. The quantitative estimate of drug-likeness (QED) is 0.832. The second-order valence-corrected chi connectivity index (χ2v) is 6.36. The molecule has 2 aromatic carbocycles. The second-order valence-electron chi connectivity index (χ2n) is 5.04. The molecule has 1 aliphatic rings. The Balaban J connectivity index is 1.68. The second kappa shape index (κ2) is 6.08. The first-order chi connectivity index (χ1) is 10.1. The van der Waals surface area contributed by atoms with Gasteiger partial charge in [-0.05, 0) is 29.8 Å². The molecule has 0 spiro atoms. The molecular formula is C16H14BrClN2O. The first kappa shape index (κ1) is 14.4. The highest BCUT2D eigenvalue weighted by molar-refractivity contribution is 9.10. The van der Waals surface area contributed by atoms with Crippen LogP contribution in [-0.2, 0) is 4.79 Å². The fourth-order valence-corrected chi connectivity index (χ4v) is 3.28. The number of para-hydroxylation sites is 1. The summed E-state index contributed by atoms with van der Waals surface area (Å²) in [5.74, 6) is 0.179. The van der Waals surface area contributed by atoms with Gasteiger partial charge in [0.25, 0.3) is 0 Å². The van der Waals surface area contributed by atoms with Gasteiger partial charge in [-0.2, -0.15) is 0 Å². The standard InChI is InChI=1S/C16H14BrClN2O/c17-11-5-6-15(13(18)8-11)20-16(21)7-10-9-19-14-4-2-1-3-12(10)14/h1-6,8,10,19H,7,9H2,(H,20,21). The lowest BCUT2D eigenvalue weighted by Crippen LogP contribution is -2.16. The molecule has 0 saturated heterocycles. The minimum Gasteiger partial charge on any atom is -0.384 e. The maximum absolute atomic E-state index is 12.2. The normalized spacial score (nSPS) is 16.2. The van der Waals surface area contributed by atoms with Gasteiger partial charge >= 0.3 is 0 Å². The predicted octanol–water partition coefficient (Wildman–Crippen LogP) is 4.64. The van der Waals surface area contributed by atoms with Crippen LogP contribution in [0, 0.1) is 0 Å². The van der Waals surface area contributed by atoms with Crippen LogP contribution in [0.3, 0.4) is 0 Å². The van der Waals surface area contributed by atoms with Crippen LogP contribution in [0.1, 0.15) is 17.9 Å². The van der Waals surface area contributed by atoms with Gasteiger partial charge < -0.3 is 10.6 Å². The van der Waals surface area contributed by atoms with Gasteiger partial charge in [-0.3, -0.25) is 4.79 Å². The minimum absolute atomic E-state index is 0.0253. The van der Waals surface area contributed by atoms with E-state index in [2.05, 4.69) is 32.6 Å². The Kier molecular flexibility index (Phi) is 4.17. The van der Waals surface area contributed by atoms with Crippen molar-refractivity contribution in [2.45, 2.75) is 12.3 Å². The topological polar surface area (TPSA) is 41.1 Å². The van der Waals surface area contributed by atoms with Crippen molar-refractivity contribution in [2.75, 3.05) is 17.2 Å². The summed E-state index contributed by atoms with van der Waals surface area (Å²) in [7, 11) is 0. The molecule has 1 unspecified atom stereocenters. The van der Waals surface area contributed by atoms with Crippen molar-refractivity contribution in [1.82, 2.24) is 0 Å². The van der Waals surface area contributed by atoms with E-state index in [9.17, 15) is 4.79 Å². The Hall–Kier alpha value is -1.52. The number of halogens is 2. The number of nitrogens with one attached hydrogen (secondary N) is 2. The summed E-state index contributed by atoms with van der Waals surface area (Å²) >= 11 is 9.46. The van der Waals surface area contributed by atoms with Gasteiger partial charge in [0.2, 0.25) is 5.91 Å². The molecule has 3 nitrogen and oxygen atoms in total. The molecule has 0 radical (unpaired) electrons. The summed E-state index contributed by atoms with van der Waals surface area (Å²) in [6, 6.07) is 13.5. The smallest absolute Gasteiger partial charge is 0.225 e. The van der Waals surface area contributed by atoms with Crippen molar-refractivity contribution in [3.63, 3.8) is 0 Å². The number of hydrogen-bond acceptors (Lipinski definition) is 2. The molecule has 0 aromatic heterocycles. The van der Waals surface area contributed by atoms with E-state index in [0.29, 0.717) is 17.1 Å². The molecule has 0 aliphatic carbocycles. The number of benzene rings is 2. The maximum Gasteiger partial charge on any atom is 0.225 e. The fraction of sp³-hybridized carbons (Fsp3) is 0.188. The SMILES string of the molecule is O=C(CC1CNc2ccccc21)Nc1ccc(Br)cc1Cl. The van der Waals surface area contributed by atoms with Crippen LogP contribution >= 0.6 is 27.5 Å². The Bertz CT molecular complexity index is 690. The van der Waals surface area contributed by atoms with Gasteiger partial charge in [0, 0.05) is 29.0 Å². The van der Waals surface area contributed by atoms with Crippen LogP contribution in [0.4, 0.5) is 11.4 Å². The highest BCUT2D eigenvalue weighted by Gasteiger charge is 2.24. The number of fused-ring (bicyclic) bond motifs is 1. The lowest BCUT2D eigenvalue weighted by molar-refractivity contribution is -0.116. The van der Waals surface area contributed by atoms with Crippen molar-refractivity contribution in [2.24, 2.45) is 0 Å². The van der Waals surface area contributed by atoms with Crippen molar-refractivity contribution < 1.29 is 4.79 Å². The zero-order valence-corrected chi connectivity index (χ0v) is 13.5. The Labute approximate surface area is 136 Å². The highest BCUT2D eigenvalue weighted by Crippen LogP contribution is 2.33. The summed E-state index contributed by atoms with van der Waals surface area (Å²) in [6.07, 6.45) is 0.441. The Morgan fingerprint density at radius 1 is 1.33 bits per heavy atom. The largest absolute Gasteiger partial charge is 0.384 e. The van der Waals surface area contributed by atoms with E-state index in [-0.39, 0.29) is 11.8 Å². The first-order valence-corrected chi connectivity index (χ1v) is 7.88. The van der Waals surface area contributed by atoms with Gasteiger partial charge in [-0.25, -0.2) is 0 Å². The van der Waals surface area contributed by atoms with Gasteiger partial charge in [0.05, 0.1) is 10.7 Å². The third kappa shape index (κ3) is 3.22. The summed E-state index contributed by atoms with van der Waals surface area (Å²) in [6.45, 7) is 0.792. The predicted molar refractivity (Wildman–Crippen MR) is 90.1 cm³/mol. The van der Waals surface area contributed by atoms with E-state index in [4.69, 9.17) is 11.6 Å². The number of anilines is 2. The molecular weight excluding hydrogens is 352 g/mol. The zero-order chi connectivity index (χ0) is 14.8. The molecule has 3 rings (SSSR count). The van der Waals surface area contributed by atoms with Gasteiger partial charge in [-0.1, -0.05) is 45.7 Å². The van der Waals surface area contributed by atoms with Gasteiger partial charge in [0.1, 0.15) is 0 Å². The van der Waals surface area contributed by atoms with E-state index in [1.54, 1.807) is 12.1 Å². The molecule has 1 heterocycles. The summed E-state index contributed by atoms with van der Waals surface area (Å²) in [4.78, 5) is 12.2. The monoisotopic (exact) mass is 364 g/mol. The van der Waals surface area contributed by atoms with Crippen molar-refractivity contribution in [1.29, 1.82) is 0 Å². The van der Waals surface area contributed by atoms with E-state index < -0.39 is 0 Å². The average molecular weight is 366 g/mol. The average Bonchev–Trinajstić information content (AvgIpc) is 2.85. The molecule has 0 bridgehead atoms. The number of carbonyl (C=O) groups excluding carboxylic acids is 1. The molecule has 5 heteroatoms. The van der Waals surface area contributed by atoms with Crippen LogP contribution < -0.4 is 10.6 Å². The Morgan fingerprint density at radius 2 is 2.14 bits per heavy atom. The molecule has 21 heavy (non-hydrogen) atoms. The third-order valence-electron chi connectivity index (χ3n) is 3.58. The van der Waals surface area contributed by atoms with Crippen molar-refractivity contribution >= 4 is 44.8 Å². The maximum atomic E-state index is 12.2. The molecule has 1 amide bonds. The van der Waals surface area contributed by atoms with Crippen LogP contribution in [-0.4, -0.2) is 12.5 Å². The van der Waals surface area contributed by atoms with E-state index in [0.717, 1.165) is 16.7 Å². The number of amides is 1. The molecule has 0 saturated carbocycles. The first-order valence-electron chi connectivity index (χ1n) is 6.71. The van der Waals surface area contributed by atoms with Crippen molar-refractivity contribution in [3.8, 4) is 0 Å². The van der Waals surface area contributed by atoms with E-state index >= 15 is 0 Å². The molecule has 0 fully saturated rings. The third-order valence-corrected chi connectivity index (χ3v) is 4.38. The van der Waals surface area contributed by atoms with Gasteiger partial charge in [-0.15, -0.1) is 0 Å². The van der Waals surface area contributed by atoms with Crippen LogP contribution in [0.25, 0.3) is 0 Å². The van der Waals surface area contributed by atoms with Crippen LogP contribution in [0.5, 0.6) is 0 Å². The molecule has 2 N–H and O–H groups in total.